The number of methoxy groups -OCH3 is 1. The maximum atomic E-state index is 13.6. The van der Waals surface area contributed by atoms with Crippen LogP contribution in [0.2, 0.25) is 0 Å². The summed E-state index contributed by atoms with van der Waals surface area (Å²) in [4.78, 5) is 40.7. The lowest BCUT2D eigenvalue weighted by Gasteiger charge is -2.35. The Morgan fingerprint density at radius 3 is 2.45 bits per heavy atom. The van der Waals surface area contributed by atoms with Crippen LogP contribution in [0, 0.1) is 5.82 Å². The molecule has 1 saturated heterocycles. The first-order valence-corrected chi connectivity index (χ1v) is 15.5. The number of nitrogens with one attached hydrogen (secondary N) is 2. The molecule has 1 saturated carbocycles. The summed E-state index contributed by atoms with van der Waals surface area (Å²) < 4.78 is 43.1. The number of nitrogens with zero attached hydrogens (tertiary/aromatic N) is 2. The van der Waals surface area contributed by atoms with E-state index >= 15 is 0 Å². The van der Waals surface area contributed by atoms with Crippen molar-refractivity contribution in [1.82, 2.24) is 19.8 Å². The van der Waals surface area contributed by atoms with Gasteiger partial charge in [0.2, 0.25) is 15.9 Å². The summed E-state index contributed by atoms with van der Waals surface area (Å²) in [6.07, 6.45) is 2.08. The van der Waals surface area contributed by atoms with Gasteiger partial charge >= 0.3 is 0 Å². The number of benzene rings is 3. The van der Waals surface area contributed by atoms with E-state index in [4.69, 9.17) is 4.74 Å². The van der Waals surface area contributed by atoms with E-state index in [1.165, 1.54) is 17.0 Å². The normalized spacial score (nSPS) is 19.5. The van der Waals surface area contributed by atoms with E-state index in [1.54, 1.807) is 43.5 Å². The fraction of sp³-hybridized carbons (Fsp3) is 0.367. The zero-order valence-corrected chi connectivity index (χ0v) is 24.2. The fourth-order valence-electron chi connectivity index (χ4n) is 5.32. The summed E-state index contributed by atoms with van der Waals surface area (Å²) in [7, 11) is -2.15. The first-order chi connectivity index (χ1) is 20.0. The molecule has 12 heteroatoms. The molecule has 0 spiro atoms. The predicted octanol–water partition coefficient (Wildman–Crippen LogP) is 2.25. The molecule has 1 aliphatic heterocycles. The number of amides is 3. The van der Waals surface area contributed by atoms with Crippen LogP contribution in [-0.4, -0.2) is 87.0 Å². The van der Waals surface area contributed by atoms with Gasteiger partial charge < -0.3 is 20.3 Å². The van der Waals surface area contributed by atoms with Crippen LogP contribution in [-0.2, 0) is 19.6 Å². The molecule has 2 fully saturated rings. The monoisotopic (exact) mass is 596 g/mol. The number of hydrogen-bond donors (Lipinski definition) is 2. The number of fused-ring (bicyclic) bond motifs is 1. The van der Waals surface area contributed by atoms with Crippen LogP contribution in [0.25, 0.3) is 10.8 Å². The van der Waals surface area contributed by atoms with Crippen LogP contribution in [0.15, 0.2) is 60.7 Å². The van der Waals surface area contributed by atoms with Crippen molar-refractivity contribution in [1.29, 1.82) is 0 Å². The molecule has 2 N–H and O–H groups in total. The van der Waals surface area contributed by atoms with E-state index < -0.39 is 40.3 Å². The summed E-state index contributed by atoms with van der Waals surface area (Å²) in [5.74, 6) is -0.938. The average Bonchev–Trinajstić information content (AvgIpc) is 3.74. The molecule has 1 heterocycles. The lowest BCUT2D eigenvalue weighted by atomic mass is 10.1. The van der Waals surface area contributed by atoms with Gasteiger partial charge in [-0.2, -0.15) is 0 Å². The van der Waals surface area contributed by atoms with Crippen LogP contribution < -0.4 is 15.4 Å². The van der Waals surface area contributed by atoms with Crippen LogP contribution in [0.3, 0.4) is 0 Å². The number of halogens is 1. The van der Waals surface area contributed by atoms with Gasteiger partial charge in [-0.3, -0.25) is 14.4 Å². The number of carbonyl (C=O) groups is 3. The van der Waals surface area contributed by atoms with Crippen molar-refractivity contribution in [3.05, 3.63) is 77.6 Å². The minimum atomic E-state index is -3.73. The molecule has 222 valence electrons. The van der Waals surface area contributed by atoms with Gasteiger partial charge in [0.05, 0.1) is 19.9 Å². The van der Waals surface area contributed by atoms with E-state index in [0.717, 1.165) is 33.3 Å². The first kappa shape index (κ1) is 29.5. The second kappa shape index (κ2) is 12.1. The fourth-order valence-corrected chi connectivity index (χ4v) is 6.16. The van der Waals surface area contributed by atoms with Crippen LogP contribution in [0.1, 0.15) is 34.7 Å². The van der Waals surface area contributed by atoms with Crippen LogP contribution in [0.5, 0.6) is 5.75 Å². The quantitative estimate of drug-likeness (QED) is 0.368. The van der Waals surface area contributed by atoms with Crippen molar-refractivity contribution in [2.75, 3.05) is 39.5 Å². The van der Waals surface area contributed by atoms with Gasteiger partial charge in [0.15, 0.2) is 0 Å². The van der Waals surface area contributed by atoms with E-state index in [2.05, 4.69) is 10.6 Å². The Kier molecular flexibility index (Phi) is 8.46. The Morgan fingerprint density at radius 2 is 1.76 bits per heavy atom. The zero-order valence-electron chi connectivity index (χ0n) is 23.4. The number of ether oxygens (including phenoxy) is 1. The van der Waals surface area contributed by atoms with Crippen molar-refractivity contribution in [2.45, 2.75) is 30.8 Å². The largest absolute Gasteiger partial charge is 0.497 e. The SMILES string of the molecule is COc1ccc2cc(C(=O)N[C@@H](CCN[C@H]3C[C@@H]3c3ccc(F)cc3)C(=O)N3CCN(S(C)(=O)=O)C(=O)C3)ccc2c1. The number of sulfonamides is 1. The maximum Gasteiger partial charge on any atom is 0.255 e. The zero-order chi connectivity index (χ0) is 30.0. The highest BCUT2D eigenvalue weighted by atomic mass is 32.2. The van der Waals surface area contributed by atoms with Crippen molar-refractivity contribution < 1.29 is 31.9 Å². The third kappa shape index (κ3) is 6.71. The summed E-state index contributed by atoms with van der Waals surface area (Å²) in [6, 6.07) is 16.3. The van der Waals surface area contributed by atoms with Gasteiger partial charge in [-0.05, 0) is 72.1 Å². The van der Waals surface area contributed by atoms with Crippen LogP contribution in [0.4, 0.5) is 4.39 Å². The van der Waals surface area contributed by atoms with Gasteiger partial charge in [-0.25, -0.2) is 17.1 Å². The summed E-state index contributed by atoms with van der Waals surface area (Å²) >= 11 is 0. The van der Waals surface area contributed by atoms with E-state index in [0.29, 0.717) is 17.9 Å². The highest BCUT2D eigenvalue weighted by molar-refractivity contribution is 7.88. The summed E-state index contributed by atoms with van der Waals surface area (Å²) in [6.45, 7) is -0.0883. The third-order valence-corrected chi connectivity index (χ3v) is 8.92. The molecular weight excluding hydrogens is 563 g/mol. The smallest absolute Gasteiger partial charge is 0.255 e. The molecule has 0 radical (unpaired) electrons. The Bertz CT molecular complexity index is 1610. The van der Waals surface area contributed by atoms with E-state index in [-0.39, 0.29) is 37.3 Å². The average molecular weight is 597 g/mol. The lowest BCUT2D eigenvalue weighted by molar-refractivity contribution is -0.143. The second-order valence-electron chi connectivity index (χ2n) is 10.7. The first-order valence-electron chi connectivity index (χ1n) is 13.7. The Morgan fingerprint density at radius 1 is 1.05 bits per heavy atom. The number of hydrogen-bond acceptors (Lipinski definition) is 7. The molecule has 1 aliphatic carbocycles. The molecule has 3 atom stereocenters. The van der Waals surface area contributed by atoms with E-state index in [9.17, 15) is 27.2 Å². The molecule has 3 amide bonds. The van der Waals surface area contributed by atoms with Crippen molar-refractivity contribution in [2.24, 2.45) is 0 Å². The number of carbonyl (C=O) groups excluding carboxylic acids is 3. The van der Waals surface area contributed by atoms with Crippen LogP contribution >= 0.6 is 0 Å². The molecular formula is C30H33FN4O6S. The van der Waals surface area contributed by atoms with Gasteiger partial charge in [-0.15, -0.1) is 0 Å². The third-order valence-electron chi connectivity index (χ3n) is 7.73. The van der Waals surface area contributed by atoms with E-state index in [1.807, 2.05) is 12.1 Å². The lowest BCUT2D eigenvalue weighted by Crippen LogP contribution is -2.58. The van der Waals surface area contributed by atoms with Gasteiger partial charge in [-0.1, -0.05) is 24.3 Å². The van der Waals surface area contributed by atoms with Gasteiger partial charge in [0.25, 0.3) is 11.8 Å². The minimum Gasteiger partial charge on any atom is -0.497 e. The Hall–Kier alpha value is -4.03. The summed E-state index contributed by atoms with van der Waals surface area (Å²) in [5.41, 5.74) is 1.40. The highest BCUT2D eigenvalue weighted by Crippen LogP contribution is 2.40. The molecule has 3 aromatic carbocycles. The molecule has 0 aromatic heterocycles. The standard InChI is InChI=1S/C30H33FN4O6S/c1-41-24-10-7-20-15-22(4-3-21(20)16-24)29(37)33-26(30(38)34-13-14-35(28(36)18-34)42(2,39)40)11-12-32-27-17-25(27)19-5-8-23(31)9-6-19/h3-10,15-16,25-27,32H,11-14,17-18H2,1-2H3,(H,33,37)/t25-,26+,27+/m1/s1. The van der Waals surface area contributed by atoms with Gasteiger partial charge in [0.1, 0.15) is 24.2 Å². The van der Waals surface area contributed by atoms with Gasteiger partial charge in [0, 0.05) is 24.1 Å². The molecule has 3 aromatic rings. The highest BCUT2D eigenvalue weighted by Gasteiger charge is 2.39. The second-order valence-corrected chi connectivity index (χ2v) is 12.6. The molecule has 42 heavy (non-hydrogen) atoms. The molecule has 0 unspecified atom stereocenters. The Balaban J connectivity index is 1.27. The number of piperazine rings is 1. The minimum absolute atomic E-state index is 0.0323. The maximum absolute atomic E-state index is 13.6. The Labute approximate surface area is 243 Å². The molecule has 0 bridgehead atoms. The van der Waals surface area contributed by atoms with Crippen molar-refractivity contribution >= 4 is 38.5 Å². The topological polar surface area (TPSA) is 125 Å². The van der Waals surface area contributed by atoms with Crippen molar-refractivity contribution in [3.8, 4) is 5.75 Å². The van der Waals surface area contributed by atoms with Crippen molar-refractivity contribution in [3.63, 3.8) is 0 Å². The molecule has 5 rings (SSSR count). The molecule has 2 aliphatic rings. The predicted molar refractivity (Wildman–Crippen MR) is 155 cm³/mol. The number of rotatable bonds is 10. The molecule has 10 nitrogen and oxygen atoms in total. The summed E-state index contributed by atoms with van der Waals surface area (Å²) in [5, 5.41) is 7.97.